The van der Waals surface area contributed by atoms with Crippen LogP contribution in [0, 0.1) is 0 Å². The van der Waals surface area contributed by atoms with Gasteiger partial charge in [-0.25, -0.2) is 0 Å². The van der Waals surface area contributed by atoms with Crippen LogP contribution < -0.4 is 5.73 Å². The topological polar surface area (TPSA) is 29.3 Å². The highest BCUT2D eigenvalue weighted by Gasteiger charge is 2.26. The molecule has 1 saturated heterocycles. The first-order valence-corrected chi connectivity index (χ1v) is 7.21. The van der Waals surface area contributed by atoms with Gasteiger partial charge in [0.2, 0.25) is 0 Å². The predicted octanol–water partition coefficient (Wildman–Crippen LogP) is 2.33. The van der Waals surface area contributed by atoms with Crippen LogP contribution in [-0.4, -0.2) is 41.1 Å². The Morgan fingerprint density at radius 3 is 2.40 bits per heavy atom. The second-order valence-electron chi connectivity index (χ2n) is 4.74. The van der Waals surface area contributed by atoms with E-state index in [0.717, 1.165) is 17.0 Å². The van der Waals surface area contributed by atoms with Gasteiger partial charge in [-0.1, -0.05) is 33.6 Å². The van der Waals surface area contributed by atoms with Crippen molar-refractivity contribution in [3.63, 3.8) is 0 Å². The summed E-state index contributed by atoms with van der Waals surface area (Å²) >= 11 is 2.11. The maximum atomic E-state index is 5.89. The summed E-state index contributed by atoms with van der Waals surface area (Å²) in [5, 5.41) is 1.54. The van der Waals surface area contributed by atoms with Crippen molar-refractivity contribution in [3.8, 4) is 0 Å². The molecule has 3 atom stereocenters. The standard InChI is InChI=1S/C12H26N2S/c1-4-5-6-12(7-13)14-8-10(2)15-11(3)9-14/h10-12H,4-9,13H2,1-3H3. The molecule has 2 N–H and O–H groups in total. The Labute approximate surface area is 99.0 Å². The maximum absolute atomic E-state index is 5.89. The largest absolute Gasteiger partial charge is 0.329 e. The zero-order valence-corrected chi connectivity index (χ0v) is 11.2. The quantitative estimate of drug-likeness (QED) is 0.786. The van der Waals surface area contributed by atoms with E-state index in [4.69, 9.17) is 5.73 Å². The van der Waals surface area contributed by atoms with Crippen molar-refractivity contribution in [3.05, 3.63) is 0 Å². The van der Waals surface area contributed by atoms with Crippen molar-refractivity contribution in [2.75, 3.05) is 19.6 Å². The number of nitrogens with two attached hydrogens (primary N) is 1. The van der Waals surface area contributed by atoms with Crippen molar-refractivity contribution in [2.24, 2.45) is 5.73 Å². The van der Waals surface area contributed by atoms with E-state index in [2.05, 4.69) is 37.4 Å². The minimum atomic E-state index is 0.621. The van der Waals surface area contributed by atoms with E-state index in [1.165, 1.54) is 32.4 Å². The summed E-state index contributed by atoms with van der Waals surface area (Å²) in [6.07, 6.45) is 3.87. The van der Waals surface area contributed by atoms with Crippen LogP contribution in [-0.2, 0) is 0 Å². The average Bonchev–Trinajstić information content (AvgIpc) is 2.17. The molecular weight excluding hydrogens is 204 g/mol. The van der Waals surface area contributed by atoms with Crippen LogP contribution >= 0.6 is 11.8 Å². The highest BCUT2D eigenvalue weighted by Crippen LogP contribution is 2.26. The molecule has 3 heteroatoms. The maximum Gasteiger partial charge on any atom is 0.0219 e. The summed E-state index contributed by atoms with van der Waals surface area (Å²) in [6, 6.07) is 0.621. The molecule has 1 fully saturated rings. The van der Waals surface area contributed by atoms with Crippen LogP contribution in [0.4, 0.5) is 0 Å². The Morgan fingerprint density at radius 1 is 1.33 bits per heavy atom. The first-order chi connectivity index (χ1) is 7.17. The van der Waals surface area contributed by atoms with Gasteiger partial charge in [-0.3, -0.25) is 4.90 Å². The summed E-state index contributed by atoms with van der Waals surface area (Å²) in [7, 11) is 0. The molecule has 0 saturated carbocycles. The molecule has 0 aromatic carbocycles. The third-order valence-corrected chi connectivity index (χ3v) is 4.35. The molecule has 0 radical (unpaired) electrons. The van der Waals surface area contributed by atoms with Crippen molar-refractivity contribution in [1.82, 2.24) is 4.90 Å². The van der Waals surface area contributed by atoms with Gasteiger partial charge in [0.1, 0.15) is 0 Å². The highest BCUT2D eigenvalue weighted by molar-refractivity contribution is 8.00. The first kappa shape index (κ1) is 13.3. The normalized spacial score (nSPS) is 30.4. The molecule has 1 heterocycles. The van der Waals surface area contributed by atoms with Crippen LogP contribution in [0.5, 0.6) is 0 Å². The Hall–Kier alpha value is 0.270. The molecule has 0 spiro atoms. The third-order valence-electron chi connectivity index (χ3n) is 3.13. The van der Waals surface area contributed by atoms with E-state index in [9.17, 15) is 0 Å². The Balaban J connectivity index is 2.43. The fourth-order valence-corrected chi connectivity index (χ4v) is 3.75. The van der Waals surface area contributed by atoms with Crippen molar-refractivity contribution in [2.45, 2.75) is 56.6 Å². The summed E-state index contributed by atoms with van der Waals surface area (Å²) in [5.41, 5.74) is 5.89. The van der Waals surface area contributed by atoms with Crippen LogP contribution in [0.25, 0.3) is 0 Å². The van der Waals surface area contributed by atoms with Gasteiger partial charge < -0.3 is 5.73 Å². The lowest BCUT2D eigenvalue weighted by atomic mass is 10.1. The zero-order valence-electron chi connectivity index (χ0n) is 10.4. The smallest absolute Gasteiger partial charge is 0.0219 e. The minimum Gasteiger partial charge on any atom is -0.329 e. The first-order valence-electron chi connectivity index (χ1n) is 6.27. The van der Waals surface area contributed by atoms with Gasteiger partial charge in [-0.2, -0.15) is 11.8 Å². The summed E-state index contributed by atoms with van der Waals surface area (Å²) in [4.78, 5) is 2.61. The molecule has 1 aliphatic rings. The van der Waals surface area contributed by atoms with Gasteiger partial charge in [0, 0.05) is 36.2 Å². The van der Waals surface area contributed by atoms with Crippen LogP contribution in [0.15, 0.2) is 0 Å². The van der Waals surface area contributed by atoms with Gasteiger partial charge in [-0.05, 0) is 6.42 Å². The Morgan fingerprint density at radius 2 is 1.93 bits per heavy atom. The van der Waals surface area contributed by atoms with Gasteiger partial charge in [-0.15, -0.1) is 0 Å². The molecule has 90 valence electrons. The monoisotopic (exact) mass is 230 g/mol. The molecular formula is C12H26N2S. The molecule has 2 nitrogen and oxygen atoms in total. The second-order valence-corrected chi connectivity index (χ2v) is 6.62. The lowest BCUT2D eigenvalue weighted by molar-refractivity contribution is 0.186. The molecule has 0 aromatic heterocycles. The number of hydrogen-bond acceptors (Lipinski definition) is 3. The lowest BCUT2D eigenvalue weighted by Crippen LogP contribution is -2.49. The number of unbranched alkanes of at least 4 members (excludes halogenated alkanes) is 1. The van der Waals surface area contributed by atoms with E-state index >= 15 is 0 Å². The molecule has 15 heavy (non-hydrogen) atoms. The van der Waals surface area contributed by atoms with Crippen LogP contribution in [0.2, 0.25) is 0 Å². The number of hydrogen-bond donors (Lipinski definition) is 1. The fourth-order valence-electron chi connectivity index (χ4n) is 2.41. The molecule has 0 aliphatic carbocycles. The van der Waals surface area contributed by atoms with E-state index < -0.39 is 0 Å². The van der Waals surface area contributed by atoms with Crippen molar-refractivity contribution < 1.29 is 0 Å². The minimum absolute atomic E-state index is 0.621. The molecule has 0 bridgehead atoms. The predicted molar refractivity (Wildman–Crippen MR) is 70.5 cm³/mol. The van der Waals surface area contributed by atoms with Gasteiger partial charge in [0.05, 0.1) is 0 Å². The van der Waals surface area contributed by atoms with Crippen LogP contribution in [0.1, 0.15) is 40.0 Å². The summed E-state index contributed by atoms with van der Waals surface area (Å²) in [6.45, 7) is 10.2. The molecule has 1 aliphatic heterocycles. The third kappa shape index (κ3) is 4.33. The number of thioether (sulfide) groups is 1. The highest BCUT2D eigenvalue weighted by atomic mass is 32.2. The fraction of sp³-hybridized carbons (Fsp3) is 1.00. The molecule has 0 amide bonds. The van der Waals surface area contributed by atoms with E-state index in [-0.39, 0.29) is 0 Å². The molecule has 0 aromatic rings. The molecule has 1 rings (SSSR count). The van der Waals surface area contributed by atoms with E-state index in [1.807, 2.05) is 0 Å². The van der Waals surface area contributed by atoms with Gasteiger partial charge >= 0.3 is 0 Å². The zero-order chi connectivity index (χ0) is 11.3. The lowest BCUT2D eigenvalue weighted by Gasteiger charge is -2.39. The van der Waals surface area contributed by atoms with Gasteiger partial charge in [0.15, 0.2) is 0 Å². The summed E-state index contributed by atoms with van der Waals surface area (Å²) < 4.78 is 0. The van der Waals surface area contributed by atoms with E-state index in [1.54, 1.807) is 0 Å². The number of rotatable bonds is 5. The second kappa shape index (κ2) is 6.77. The SMILES string of the molecule is CCCCC(CN)N1CC(C)SC(C)C1. The number of nitrogens with zero attached hydrogens (tertiary/aromatic N) is 1. The Bertz CT molecular complexity index is 165. The van der Waals surface area contributed by atoms with E-state index in [0.29, 0.717) is 6.04 Å². The van der Waals surface area contributed by atoms with Gasteiger partial charge in [0.25, 0.3) is 0 Å². The molecule has 3 unspecified atom stereocenters. The summed E-state index contributed by atoms with van der Waals surface area (Å²) in [5.74, 6) is 0. The van der Waals surface area contributed by atoms with Crippen LogP contribution in [0.3, 0.4) is 0 Å². The van der Waals surface area contributed by atoms with Crippen molar-refractivity contribution >= 4 is 11.8 Å². The van der Waals surface area contributed by atoms with Crippen molar-refractivity contribution in [1.29, 1.82) is 0 Å². The average molecular weight is 230 g/mol. The Kier molecular flexibility index (Phi) is 6.02.